The Kier molecular flexibility index (Phi) is 5.21. The molecule has 0 saturated carbocycles. The first-order valence-corrected chi connectivity index (χ1v) is 10.9. The van der Waals surface area contributed by atoms with Gasteiger partial charge in [-0.25, -0.2) is 13.6 Å². The van der Waals surface area contributed by atoms with Gasteiger partial charge in [-0.1, -0.05) is 18.2 Å². The second-order valence-electron chi connectivity index (χ2n) is 7.01. The fraction of sp³-hybridized carbons (Fsp3) is 0.238. The standard InChI is InChI=1S/C21H21N3O4S/c22-29(26,27)18-8-6-16(7-9-18)21(25)24-13-10-17(11-14-24)28-19-5-1-3-15-4-2-12-23-20(15)19/h1-9,12,17H,10-11,13-14H2,(H2,22,26,27). The maximum Gasteiger partial charge on any atom is 0.253 e. The van der Waals surface area contributed by atoms with E-state index in [-0.39, 0.29) is 16.9 Å². The summed E-state index contributed by atoms with van der Waals surface area (Å²) in [7, 11) is -3.77. The molecular weight excluding hydrogens is 390 g/mol. The number of sulfonamides is 1. The minimum absolute atomic E-state index is 0.00939. The van der Waals surface area contributed by atoms with E-state index >= 15 is 0 Å². The van der Waals surface area contributed by atoms with Crippen LogP contribution in [0.15, 0.2) is 65.7 Å². The third-order valence-electron chi connectivity index (χ3n) is 5.05. The highest BCUT2D eigenvalue weighted by Gasteiger charge is 2.25. The van der Waals surface area contributed by atoms with Crippen LogP contribution in [-0.2, 0) is 10.0 Å². The van der Waals surface area contributed by atoms with Crippen molar-refractivity contribution in [3.63, 3.8) is 0 Å². The lowest BCUT2D eigenvalue weighted by atomic mass is 10.1. The Bertz CT molecular complexity index is 1130. The highest BCUT2D eigenvalue weighted by atomic mass is 32.2. The summed E-state index contributed by atoms with van der Waals surface area (Å²) in [6.07, 6.45) is 3.18. The molecular formula is C21H21N3O4S. The molecule has 7 nitrogen and oxygen atoms in total. The summed E-state index contributed by atoms with van der Waals surface area (Å²) in [6.45, 7) is 1.14. The van der Waals surface area contributed by atoms with E-state index in [0.717, 1.165) is 16.7 Å². The molecule has 3 aromatic rings. The third kappa shape index (κ3) is 4.23. The Balaban J connectivity index is 1.39. The fourth-order valence-corrected chi connectivity index (χ4v) is 4.01. The average molecular weight is 411 g/mol. The minimum Gasteiger partial charge on any atom is -0.488 e. The molecule has 4 rings (SSSR count). The van der Waals surface area contributed by atoms with E-state index in [1.165, 1.54) is 24.3 Å². The van der Waals surface area contributed by atoms with Crippen molar-refractivity contribution >= 4 is 26.8 Å². The molecule has 0 spiro atoms. The van der Waals surface area contributed by atoms with E-state index in [2.05, 4.69) is 4.98 Å². The predicted molar refractivity (Wildman–Crippen MR) is 109 cm³/mol. The minimum atomic E-state index is -3.77. The number of pyridine rings is 1. The molecule has 2 aromatic carbocycles. The van der Waals surface area contributed by atoms with Crippen molar-refractivity contribution in [2.45, 2.75) is 23.8 Å². The van der Waals surface area contributed by atoms with Crippen LogP contribution < -0.4 is 9.88 Å². The van der Waals surface area contributed by atoms with Crippen LogP contribution in [-0.4, -0.2) is 43.4 Å². The topological polar surface area (TPSA) is 103 Å². The van der Waals surface area contributed by atoms with Crippen LogP contribution in [0, 0.1) is 0 Å². The van der Waals surface area contributed by atoms with Crippen molar-refractivity contribution < 1.29 is 17.9 Å². The molecule has 1 aromatic heterocycles. The molecule has 8 heteroatoms. The summed E-state index contributed by atoms with van der Waals surface area (Å²) in [5.41, 5.74) is 1.28. The number of primary sulfonamides is 1. The molecule has 0 atom stereocenters. The van der Waals surface area contributed by atoms with E-state index in [1.54, 1.807) is 11.1 Å². The number of hydrogen-bond donors (Lipinski definition) is 1. The van der Waals surface area contributed by atoms with Crippen LogP contribution in [0.4, 0.5) is 0 Å². The lowest BCUT2D eigenvalue weighted by Gasteiger charge is -2.32. The Morgan fingerprint density at radius 3 is 2.41 bits per heavy atom. The van der Waals surface area contributed by atoms with E-state index < -0.39 is 10.0 Å². The maximum absolute atomic E-state index is 12.7. The van der Waals surface area contributed by atoms with Gasteiger partial charge in [-0.15, -0.1) is 0 Å². The second-order valence-corrected chi connectivity index (χ2v) is 8.57. The van der Waals surface area contributed by atoms with Gasteiger partial charge in [0.15, 0.2) is 0 Å². The Hall–Kier alpha value is -2.97. The molecule has 1 aliphatic rings. The van der Waals surface area contributed by atoms with Crippen molar-refractivity contribution in [2.75, 3.05) is 13.1 Å². The van der Waals surface area contributed by atoms with Crippen molar-refractivity contribution in [1.29, 1.82) is 0 Å². The predicted octanol–water partition coefficient (Wildman–Crippen LogP) is 2.57. The van der Waals surface area contributed by atoms with Crippen LogP contribution in [0.2, 0.25) is 0 Å². The normalized spacial score (nSPS) is 15.4. The number of benzene rings is 2. The lowest BCUT2D eigenvalue weighted by molar-refractivity contribution is 0.0597. The zero-order valence-electron chi connectivity index (χ0n) is 15.7. The van der Waals surface area contributed by atoms with Crippen molar-refractivity contribution in [1.82, 2.24) is 9.88 Å². The van der Waals surface area contributed by atoms with Crippen LogP contribution in [0.3, 0.4) is 0 Å². The summed E-state index contributed by atoms with van der Waals surface area (Å²) in [5.74, 6) is 0.628. The number of hydrogen-bond acceptors (Lipinski definition) is 5. The number of rotatable bonds is 4. The smallest absolute Gasteiger partial charge is 0.253 e. The fourth-order valence-electron chi connectivity index (χ4n) is 3.50. The number of piperidine rings is 1. The van der Waals surface area contributed by atoms with Gasteiger partial charge in [0.1, 0.15) is 17.4 Å². The maximum atomic E-state index is 12.7. The molecule has 2 heterocycles. The van der Waals surface area contributed by atoms with Crippen LogP contribution in [0.25, 0.3) is 10.9 Å². The number of fused-ring (bicyclic) bond motifs is 1. The van der Waals surface area contributed by atoms with Crippen molar-refractivity contribution in [3.8, 4) is 5.75 Å². The van der Waals surface area contributed by atoms with Gasteiger partial charge in [-0.2, -0.15) is 0 Å². The summed E-state index contributed by atoms with van der Waals surface area (Å²) >= 11 is 0. The first-order valence-electron chi connectivity index (χ1n) is 9.34. The molecule has 29 heavy (non-hydrogen) atoms. The molecule has 1 aliphatic heterocycles. The highest BCUT2D eigenvalue weighted by Crippen LogP contribution is 2.26. The summed E-state index contributed by atoms with van der Waals surface area (Å²) < 4.78 is 28.9. The van der Waals surface area contributed by atoms with Gasteiger partial charge >= 0.3 is 0 Å². The van der Waals surface area contributed by atoms with Crippen LogP contribution >= 0.6 is 0 Å². The van der Waals surface area contributed by atoms with Crippen molar-refractivity contribution in [2.24, 2.45) is 5.14 Å². The molecule has 1 fully saturated rings. The third-order valence-corrected chi connectivity index (χ3v) is 5.98. The molecule has 1 saturated heterocycles. The van der Waals surface area contributed by atoms with E-state index in [1.807, 2.05) is 30.3 Å². The molecule has 0 aliphatic carbocycles. The second kappa shape index (κ2) is 7.81. The quantitative estimate of drug-likeness (QED) is 0.711. The monoisotopic (exact) mass is 411 g/mol. The number of para-hydroxylation sites is 1. The zero-order chi connectivity index (χ0) is 20.4. The Labute approximate surface area is 169 Å². The van der Waals surface area contributed by atoms with Gasteiger partial charge in [0.2, 0.25) is 10.0 Å². The number of nitrogens with two attached hydrogens (primary N) is 1. The Morgan fingerprint density at radius 1 is 1.03 bits per heavy atom. The highest BCUT2D eigenvalue weighted by molar-refractivity contribution is 7.89. The molecule has 0 bridgehead atoms. The number of nitrogens with zero attached hydrogens (tertiary/aromatic N) is 2. The number of ether oxygens (including phenoxy) is 1. The van der Waals surface area contributed by atoms with Crippen LogP contribution in [0.5, 0.6) is 5.75 Å². The summed E-state index contributed by atoms with van der Waals surface area (Å²) in [5, 5.41) is 6.13. The molecule has 0 unspecified atom stereocenters. The first kappa shape index (κ1) is 19.4. The number of likely N-dealkylation sites (tertiary alicyclic amines) is 1. The van der Waals surface area contributed by atoms with E-state index in [9.17, 15) is 13.2 Å². The van der Waals surface area contributed by atoms with E-state index in [0.29, 0.717) is 31.5 Å². The van der Waals surface area contributed by atoms with Gasteiger partial charge in [0.05, 0.1) is 4.90 Å². The molecule has 0 radical (unpaired) electrons. The first-order chi connectivity index (χ1) is 13.9. The number of amides is 1. The van der Waals surface area contributed by atoms with Gasteiger partial charge in [-0.05, 0) is 36.4 Å². The summed E-state index contributed by atoms with van der Waals surface area (Å²) in [4.78, 5) is 18.9. The average Bonchev–Trinajstić information content (AvgIpc) is 2.73. The molecule has 1 amide bonds. The van der Waals surface area contributed by atoms with E-state index in [4.69, 9.17) is 9.88 Å². The molecule has 2 N–H and O–H groups in total. The lowest BCUT2D eigenvalue weighted by Crippen LogP contribution is -2.41. The number of aromatic nitrogens is 1. The largest absolute Gasteiger partial charge is 0.488 e. The van der Waals surface area contributed by atoms with Crippen LogP contribution in [0.1, 0.15) is 23.2 Å². The van der Waals surface area contributed by atoms with Gasteiger partial charge in [0.25, 0.3) is 5.91 Å². The van der Waals surface area contributed by atoms with Gasteiger partial charge in [0, 0.05) is 43.1 Å². The number of carbonyl (C=O) groups is 1. The SMILES string of the molecule is NS(=O)(=O)c1ccc(C(=O)N2CCC(Oc3cccc4cccnc34)CC2)cc1. The molecule has 150 valence electrons. The Morgan fingerprint density at radius 2 is 1.72 bits per heavy atom. The zero-order valence-corrected chi connectivity index (χ0v) is 16.5. The van der Waals surface area contributed by atoms with Gasteiger partial charge < -0.3 is 9.64 Å². The van der Waals surface area contributed by atoms with Gasteiger partial charge in [-0.3, -0.25) is 9.78 Å². The summed E-state index contributed by atoms with van der Waals surface area (Å²) in [6, 6.07) is 15.4. The van der Waals surface area contributed by atoms with Crippen molar-refractivity contribution in [3.05, 3.63) is 66.4 Å². The number of carbonyl (C=O) groups excluding carboxylic acids is 1.